The number of rotatable bonds is 8. The van der Waals surface area contributed by atoms with Gasteiger partial charge in [0.2, 0.25) is 5.91 Å². The zero-order valence-electron chi connectivity index (χ0n) is 15.6. The molecule has 5 nitrogen and oxygen atoms in total. The lowest BCUT2D eigenvalue weighted by Gasteiger charge is -2.07. The average molecular weight is 416 g/mol. The number of ether oxygens (including phenoxy) is 1. The van der Waals surface area contributed by atoms with Gasteiger partial charge in [-0.05, 0) is 36.6 Å². The fourth-order valence-electron chi connectivity index (χ4n) is 2.64. The van der Waals surface area contributed by atoms with Crippen LogP contribution >= 0.6 is 23.4 Å². The van der Waals surface area contributed by atoms with Gasteiger partial charge in [0.05, 0.1) is 18.1 Å². The Morgan fingerprint density at radius 2 is 2.00 bits per heavy atom. The van der Waals surface area contributed by atoms with Crippen LogP contribution in [0.5, 0.6) is 5.75 Å². The maximum Gasteiger partial charge on any atom is 0.239 e. The number of hydrogen-bond donors (Lipinski definition) is 1. The van der Waals surface area contributed by atoms with Gasteiger partial charge >= 0.3 is 0 Å². The Bertz CT molecular complexity index is 885. The van der Waals surface area contributed by atoms with Crippen molar-refractivity contribution in [2.24, 2.45) is 10.2 Å². The van der Waals surface area contributed by atoms with Gasteiger partial charge in [-0.25, -0.2) is 0 Å². The second-order valence-electron chi connectivity index (χ2n) is 6.28. The lowest BCUT2D eigenvalue weighted by molar-refractivity contribution is -0.118. The van der Waals surface area contributed by atoms with E-state index in [1.54, 1.807) is 6.21 Å². The minimum Gasteiger partial charge on any atom is -0.493 e. The van der Waals surface area contributed by atoms with Crippen molar-refractivity contribution >= 4 is 40.7 Å². The first kappa shape index (κ1) is 20.4. The molecule has 1 fully saturated rings. The van der Waals surface area contributed by atoms with E-state index in [1.807, 2.05) is 48.5 Å². The summed E-state index contributed by atoms with van der Waals surface area (Å²) in [7, 11) is 0. The summed E-state index contributed by atoms with van der Waals surface area (Å²) in [6.07, 6.45) is 4.27. The number of para-hydroxylation sites is 1. The third-order valence-electron chi connectivity index (χ3n) is 4.16. The summed E-state index contributed by atoms with van der Waals surface area (Å²) >= 11 is 7.56. The molecular weight excluding hydrogens is 394 g/mol. The highest BCUT2D eigenvalue weighted by Crippen LogP contribution is 2.26. The number of thioether (sulfide) groups is 1. The quantitative estimate of drug-likeness (QED) is 0.386. The van der Waals surface area contributed by atoms with E-state index >= 15 is 0 Å². The minimum atomic E-state index is -0.265. The van der Waals surface area contributed by atoms with E-state index in [9.17, 15) is 4.79 Å². The molecule has 0 aliphatic carbocycles. The Morgan fingerprint density at radius 1 is 1.21 bits per heavy atom. The summed E-state index contributed by atoms with van der Waals surface area (Å²) < 4.78 is 5.78. The zero-order valence-corrected chi connectivity index (χ0v) is 17.2. The van der Waals surface area contributed by atoms with Gasteiger partial charge in [0, 0.05) is 10.6 Å². The summed E-state index contributed by atoms with van der Waals surface area (Å²) in [4.78, 5) is 12.2. The lowest BCUT2D eigenvalue weighted by atomic mass is 10.1. The van der Waals surface area contributed by atoms with Crippen LogP contribution in [0.15, 0.2) is 58.7 Å². The molecule has 1 N–H and O–H groups in total. The molecule has 1 aliphatic heterocycles. The van der Waals surface area contributed by atoms with Crippen molar-refractivity contribution in [1.29, 1.82) is 0 Å². The maximum absolute atomic E-state index is 12.2. The number of amidine groups is 1. The summed E-state index contributed by atoms with van der Waals surface area (Å²) in [6, 6.07) is 15.2. The summed E-state index contributed by atoms with van der Waals surface area (Å²) in [5.74, 6) is 0.696. The number of benzene rings is 2. The van der Waals surface area contributed by atoms with Crippen molar-refractivity contribution in [3.05, 3.63) is 64.7 Å². The standard InChI is InChI=1S/C21H22ClN3O2S/c1-2-3-12-27-18-11-7-5-9-16(18)14-23-25-21-24-20(26)19(28-21)13-15-8-4-6-10-17(15)22/h4-11,14,19H,2-3,12-13H2,1H3,(H,24,25,26)/b23-14+. The zero-order chi connectivity index (χ0) is 19.8. The van der Waals surface area contributed by atoms with Gasteiger partial charge in [-0.2, -0.15) is 5.10 Å². The van der Waals surface area contributed by atoms with Crippen LogP contribution in [0, 0.1) is 0 Å². The molecule has 3 rings (SSSR count). The van der Waals surface area contributed by atoms with Gasteiger partial charge in [0.25, 0.3) is 0 Å². The Balaban J connectivity index is 1.62. The van der Waals surface area contributed by atoms with Crippen molar-refractivity contribution < 1.29 is 9.53 Å². The number of hydrogen-bond acceptors (Lipinski definition) is 5. The molecule has 0 aromatic heterocycles. The topological polar surface area (TPSA) is 63.1 Å². The third-order valence-corrected chi connectivity index (χ3v) is 5.60. The smallest absolute Gasteiger partial charge is 0.239 e. The Hall–Kier alpha value is -2.31. The number of carbonyl (C=O) groups excluding carboxylic acids is 1. The van der Waals surface area contributed by atoms with Crippen molar-refractivity contribution in [3.63, 3.8) is 0 Å². The molecule has 1 saturated heterocycles. The summed E-state index contributed by atoms with van der Waals surface area (Å²) in [5.41, 5.74) is 1.80. The Morgan fingerprint density at radius 3 is 2.82 bits per heavy atom. The summed E-state index contributed by atoms with van der Waals surface area (Å²) in [6.45, 7) is 2.80. The molecule has 28 heavy (non-hydrogen) atoms. The van der Waals surface area contributed by atoms with E-state index in [-0.39, 0.29) is 11.2 Å². The predicted octanol–water partition coefficient (Wildman–Crippen LogP) is 4.68. The highest BCUT2D eigenvalue weighted by molar-refractivity contribution is 8.15. The van der Waals surface area contributed by atoms with Gasteiger partial charge < -0.3 is 10.1 Å². The third kappa shape index (κ3) is 5.59. The molecule has 0 radical (unpaired) electrons. The monoisotopic (exact) mass is 415 g/mol. The molecule has 146 valence electrons. The van der Waals surface area contributed by atoms with Crippen LogP contribution in [-0.4, -0.2) is 29.1 Å². The van der Waals surface area contributed by atoms with Gasteiger partial charge in [-0.3, -0.25) is 4.79 Å². The average Bonchev–Trinajstić information content (AvgIpc) is 3.04. The molecular formula is C21H22ClN3O2S. The molecule has 1 amide bonds. The molecule has 1 heterocycles. The fourth-order valence-corrected chi connectivity index (χ4v) is 3.80. The second kappa shape index (κ2) is 10.3. The first-order valence-electron chi connectivity index (χ1n) is 9.21. The first-order chi connectivity index (χ1) is 13.7. The Labute approximate surface area is 174 Å². The molecule has 1 aliphatic rings. The summed E-state index contributed by atoms with van der Waals surface area (Å²) in [5, 5.41) is 11.9. The van der Waals surface area contributed by atoms with E-state index < -0.39 is 0 Å². The largest absolute Gasteiger partial charge is 0.493 e. The molecule has 1 unspecified atom stereocenters. The van der Waals surface area contributed by atoms with E-state index in [2.05, 4.69) is 22.4 Å². The SMILES string of the molecule is CCCCOc1ccccc1/C=N/N=C1\NC(=O)C(Cc2ccccc2Cl)S1. The van der Waals surface area contributed by atoms with E-state index in [0.29, 0.717) is 23.2 Å². The number of unbranched alkanes of at least 4 members (excludes halogenated alkanes) is 1. The normalized spacial score (nSPS) is 18.0. The van der Waals surface area contributed by atoms with Crippen LogP contribution in [0.2, 0.25) is 5.02 Å². The molecule has 1 atom stereocenters. The van der Waals surface area contributed by atoms with Crippen molar-refractivity contribution in [1.82, 2.24) is 5.32 Å². The van der Waals surface area contributed by atoms with Gasteiger partial charge in [-0.1, -0.05) is 67.0 Å². The first-order valence-corrected chi connectivity index (χ1v) is 10.5. The van der Waals surface area contributed by atoms with Gasteiger partial charge in [0.1, 0.15) is 5.75 Å². The number of nitrogens with one attached hydrogen (secondary N) is 1. The van der Waals surface area contributed by atoms with E-state index in [0.717, 1.165) is 29.7 Å². The van der Waals surface area contributed by atoms with Crippen LogP contribution in [0.1, 0.15) is 30.9 Å². The molecule has 0 bridgehead atoms. The van der Waals surface area contributed by atoms with Gasteiger partial charge in [-0.15, -0.1) is 5.10 Å². The van der Waals surface area contributed by atoms with Crippen LogP contribution in [0.4, 0.5) is 0 Å². The highest BCUT2D eigenvalue weighted by Gasteiger charge is 2.30. The van der Waals surface area contributed by atoms with Gasteiger partial charge in [0.15, 0.2) is 5.17 Å². The van der Waals surface area contributed by atoms with Crippen LogP contribution < -0.4 is 10.1 Å². The lowest BCUT2D eigenvalue weighted by Crippen LogP contribution is -2.26. The molecule has 0 saturated carbocycles. The van der Waals surface area contributed by atoms with Crippen LogP contribution in [-0.2, 0) is 11.2 Å². The number of amides is 1. The van der Waals surface area contributed by atoms with Crippen LogP contribution in [0.3, 0.4) is 0 Å². The Kier molecular flexibility index (Phi) is 7.51. The molecule has 7 heteroatoms. The van der Waals surface area contributed by atoms with Crippen LogP contribution in [0.25, 0.3) is 0 Å². The highest BCUT2D eigenvalue weighted by atomic mass is 35.5. The molecule has 2 aromatic carbocycles. The predicted molar refractivity (Wildman–Crippen MR) is 117 cm³/mol. The molecule has 0 spiro atoms. The number of carbonyl (C=O) groups is 1. The number of nitrogens with zero attached hydrogens (tertiary/aromatic N) is 2. The van der Waals surface area contributed by atoms with Crippen molar-refractivity contribution in [3.8, 4) is 5.75 Å². The molecule has 2 aromatic rings. The van der Waals surface area contributed by atoms with Crippen molar-refractivity contribution in [2.75, 3.05) is 6.61 Å². The fraction of sp³-hybridized carbons (Fsp3) is 0.286. The minimum absolute atomic E-state index is 0.0813. The van der Waals surface area contributed by atoms with Crippen molar-refractivity contribution in [2.45, 2.75) is 31.4 Å². The van der Waals surface area contributed by atoms with E-state index in [1.165, 1.54) is 11.8 Å². The van der Waals surface area contributed by atoms with E-state index in [4.69, 9.17) is 16.3 Å². The number of halogens is 1. The maximum atomic E-state index is 12.2. The second-order valence-corrected chi connectivity index (χ2v) is 7.88.